The topological polar surface area (TPSA) is 12.0 Å². The highest BCUT2D eigenvalue weighted by molar-refractivity contribution is 14.1. The maximum atomic E-state index is 6.09. The smallest absolute Gasteiger partial charge is 0.0656 e. The van der Waals surface area contributed by atoms with E-state index in [1.54, 1.807) is 11.3 Å². The molecule has 0 spiro atoms. The molecule has 1 atom stereocenters. The van der Waals surface area contributed by atoms with Crippen molar-refractivity contribution in [1.29, 1.82) is 0 Å². The number of halogens is 3. The fraction of sp³-hybridized carbons (Fsp3) is 0.231. The van der Waals surface area contributed by atoms with Gasteiger partial charge in [0.25, 0.3) is 0 Å². The number of rotatable bonds is 4. The second-order valence-electron chi connectivity index (χ2n) is 3.85. The third-order valence-electron chi connectivity index (χ3n) is 2.61. The predicted molar refractivity (Wildman–Crippen MR) is 89.0 cm³/mol. The summed E-state index contributed by atoms with van der Waals surface area (Å²) in [6, 6.07) is 8.17. The van der Waals surface area contributed by atoms with Gasteiger partial charge in [0.1, 0.15) is 0 Å². The Morgan fingerprint density at radius 2 is 2.00 bits per heavy atom. The van der Waals surface area contributed by atoms with Crippen molar-refractivity contribution >= 4 is 57.1 Å². The Hall–Kier alpha value is 0.190. The van der Waals surface area contributed by atoms with E-state index in [2.05, 4.69) is 46.3 Å². The van der Waals surface area contributed by atoms with Crippen LogP contribution in [-0.2, 0) is 0 Å². The second-order valence-corrected chi connectivity index (χ2v) is 7.47. The van der Waals surface area contributed by atoms with Crippen LogP contribution in [0, 0.1) is 2.88 Å². The summed E-state index contributed by atoms with van der Waals surface area (Å²) in [5, 5.41) is 6.85. The molecule has 0 radical (unpaired) electrons. The minimum Gasteiger partial charge on any atom is -0.307 e. The molecule has 2 aromatic rings. The summed E-state index contributed by atoms with van der Waals surface area (Å²) in [5.74, 6) is 0. The molecule has 0 aliphatic carbocycles. The SMILES string of the molecule is CCNC(c1csc(I)c1)c1ccc(Cl)c(Cl)c1. The van der Waals surface area contributed by atoms with E-state index in [9.17, 15) is 0 Å². The normalized spacial score (nSPS) is 12.7. The summed E-state index contributed by atoms with van der Waals surface area (Å²) in [4.78, 5) is 0. The molecule has 0 aliphatic rings. The van der Waals surface area contributed by atoms with Crippen molar-refractivity contribution in [3.8, 4) is 0 Å². The van der Waals surface area contributed by atoms with Gasteiger partial charge in [-0.2, -0.15) is 0 Å². The van der Waals surface area contributed by atoms with Gasteiger partial charge in [-0.25, -0.2) is 0 Å². The highest BCUT2D eigenvalue weighted by Gasteiger charge is 2.15. The Morgan fingerprint density at radius 1 is 1.22 bits per heavy atom. The first kappa shape index (κ1) is 14.6. The van der Waals surface area contributed by atoms with Gasteiger partial charge in [-0.3, -0.25) is 0 Å². The average Bonchev–Trinajstić information content (AvgIpc) is 2.76. The summed E-state index contributed by atoms with van der Waals surface area (Å²) < 4.78 is 1.28. The standard InChI is InChI=1S/C13H12Cl2INS/c1-2-17-13(9-6-12(16)18-7-9)8-3-4-10(14)11(15)5-8/h3-7,13,17H,2H2,1H3. The van der Waals surface area contributed by atoms with Crippen molar-refractivity contribution in [2.75, 3.05) is 6.54 Å². The van der Waals surface area contributed by atoms with Gasteiger partial charge in [0.2, 0.25) is 0 Å². The van der Waals surface area contributed by atoms with Crippen molar-refractivity contribution in [2.45, 2.75) is 13.0 Å². The fourth-order valence-electron chi connectivity index (χ4n) is 1.80. The molecule has 1 unspecified atom stereocenters. The molecule has 1 aromatic heterocycles. The third-order valence-corrected chi connectivity index (χ3v) is 5.15. The van der Waals surface area contributed by atoms with E-state index in [0.29, 0.717) is 10.0 Å². The minimum absolute atomic E-state index is 0.171. The van der Waals surface area contributed by atoms with Gasteiger partial charge in [0, 0.05) is 0 Å². The highest BCUT2D eigenvalue weighted by Crippen LogP contribution is 2.31. The lowest BCUT2D eigenvalue weighted by atomic mass is 10.0. The van der Waals surface area contributed by atoms with Crippen molar-refractivity contribution in [2.24, 2.45) is 0 Å². The Labute approximate surface area is 135 Å². The van der Waals surface area contributed by atoms with Crippen LogP contribution in [0.5, 0.6) is 0 Å². The van der Waals surface area contributed by atoms with Gasteiger partial charge >= 0.3 is 0 Å². The molecule has 1 N–H and O–H groups in total. The zero-order chi connectivity index (χ0) is 13.1. The minimum atomic E-state index is 0.171. The predicted octanol–water partition coefficient (Wildman–Crippen LogP) is 5.36. The lowest BCUT2D eigenvalue weighted by Gasteiger charge is -2.18. The average molecular weight is 412 g/mol. The van der Waals surface area contributed by atoms with Crippen molar-refractivity contribution < 1.29 is 0 Å². The van der Waals surface area contributed by atoms with Gasteiger partial charge in [-0.05, 0) is 63.8 Å². The number of nitrogens with one attached hydrogen (secondary N) is 1. The molecule has 0 aliphatic heterocycles. The Balaban J connectivity index is 2.37. The monoisotopic (exact) mass is 411 g/mol. The van der Waals surface area contributed by atoms with Crippen LogP contribution in [0.15, 0.2) is 29.6 Å². The first-order valence-corrected chi connectivity index (χ1v) is 8.25. The largest absolute Gasteiger partial charge is 0.307 e. The van der Waals surface area contributed by atoms with Gasteiger partial charge in [-0.1, -0.05) is 36.2 Å². The highest BCUT2D eigenvalue weighted by atomic mass is 127. The van der Waals surface area contributed by atoms with E-state index >= 15 is 0 Å². The van der Waals surface area contributed by atoms with Crippen LogP contribution in [0.3, 0.4) is 0 Å². The number of thiophene rings is 1. The molecule has 96 valence electrons. The molecular weight excluding hydrogens is 400 g/mol. The molecule has 1 aromatic carbocycles. The molecule has 1 heterocycles. The summed E-state index contributed by atoms with van der Waals surface area (Å²) in [7, 11) is 0. The maximum absolute atomic E-state index is 6.09. The lowest BCUT2D eigenvalue weighted by molar-refractivity contribution is 0.632. The number of benzene rings is 1. The van der Waals surface area contributed by atoms with Crippen LogP contribution in [0.25, 0.3) is 0 Å². The summed E-state index contributed by atoms with van der Waals surface area (Å²) in [5.41, 5.74) is 2.41. The van der Waals surface area contributed by atoms with E-state index in [4.69, 9.17) is 23.2 Å². The molecule has 0 fully saturated rings. The van der Waals surface area contributed by atoms with Gasteiger partial charge in [0.15, 0.2) is 0 Å². The molecule has 0 amide bonds. The van der Waals surface area contributed by atoms with E-state index in [1.807, 2.05) is 18.2 Å². The molecule has 0 saturated heterocycles. The zero-order valence-corrected chi connectivity index (χ0v) is 14.2. The summed E-state index contributed by atoms with van der Waals surface area (Å²) >= 11 is 16.1. The first-order valence-electron chi connectivity index (χ1n) is 5.54. The van der Waals surface area contributed by atoms with Crippen LogP contribution in [0.1, 0.15) is 24.1 Å². The van der Waals surface area contributed by atoms with E-state index in [0.717, 1.165) is 12.1 Å². The summed E-state index contributed by atoms with van der Waals surface area (Å²) in [6.07, 6.45) is 0. The molecule has 1 nitrogen and oxygen atoms in total. The van der Waals surface area contributed by atoms with Crippen LogP contribution in [-0.4, -0.2) is 6.54 Å². The first-order chi connectivity index (χ1) is 8.61. The van der Waals surface area contributed by atoms with E-state index in [1.165, 1.54) is 8.45 Å². The molecule has 2 rings (SSSR count). The van der Waals surface area contributed by atoms with Crippen LogP contribution >= 0.6 is 57.1 Å². The van der Waals surface area contributed by atoms with Crippen molar-refractivity contribution in [3.63, 3.8) is 0 Å². The van der Waals surface area contributed by atoms with E-state index in [-0.39, 0.29) is 6.04 Å². The Kier molecular flexibility index (Phi) is 5.33. The zero-order valence-electron chi connectivity index (χ0n) is 9.71. The van der Waals surface area contributed by atoms with Crippen LogP contribution < -0.4 is 5.32 Å². The Bertz CT molecular complexity index is 542. The fourth-order valence-corrected chi connectivity index (χ4v) is 3.50. The third kappa shape index (κ3) is 3.39. The molecule has 0 saturated carbocycles. The number of hydrogen-bond acceptors (Lipinski definition) is 2. The molecule has 0 bridgehead atoms. The Morgan fingerprint density at radius 3 is 2.56 bits per heavy atom. The number of hydrogen-bond donors (Lipinski definition) is 1. The maximum Gasteiger partial charge on any atom is 0.0656 e. The van der Waals surface area contributed by atoms with Crippen molar-refractivity contribution in [3.05, 3.63) is 53.7 Å². The van der Waals surface area contributed by atoms with Crippen molar-refractivity contribution in [1.82, 2.24) is 5.32 Å². The lowest BCUT2D eigenvalue weighted by Crippen LogP contribution is -2.21. The van der Waals surface area contributed by atoms with Gasteiger partial charge in [0.05, 0.1) is 19.0 Å². The molecular formula is C13H12Cl2INS. The second kappa shape index (κ2) is 6.57. The van der Waals surface area contributed by atoms with Crippen LogP contribution in [0.2, 0.25) is 10.0 Å². The van der Waals surface area contributed by atoms with Gasteiger partial charge in [-0.15, -0.1) is 11.3 Å². The molecule has 18 heavy (non-hydrogen) atoms. The van der Waals surface area contributed by atoms with Crippen LogP contribution in [0.4, 0.5) is 0 Å². The quantitative estimate of drug-likeness (QED) is 0.668. The van der Waals surface area contributed by atoms with Gasteiger partial charge < -0.3 is 5.32 Å². The summed E-state index contributed by atoms with van der Waals surface area (Å²) in [6.45, 7) is 3.00. The molecule has 5 heteroatoms. The van der Waals surface area contributed by atoms with E-state index < -0.39 is 0 Å².